The highest BCUT2D eigenvalue weighted by atomic mass is 16.1. The average Bonchev–Trinajstić information content (AvgIpc) is 3.13. The topological polar surface area (TPSA) is 63.1 Å². The quantitative estimate of drug-likeness (QED) is 0.721. The molecule has 0 saturated carbocycles. The first-order valence-electron chi connectivity index (χ1n) is 9.30. The lowest BCUT2D eigenvalue weighted by atomic mass is 10.1. The lowest BCUT2D eigenvalue weighted by Crippen LogP contribution is -2.29. The van der Waals surface area contributed by atoms with Gasteiger partial charge in [0.15, 0.2) is 0 Å². The Morgan fingerprint density at radius 1 is 1.11 bits per heavy atom. The number of anilines is 2. The predicted molar refractivity (Wildman–Crippen MR) is 109 cm³/mol. The Morgan fingerprint density at radius 2 is 1.96 bits per heavy atom. The number of nitrogens with zero attached hydrogens (tertiary/aromatic N) is 4. The van der Waals surface area contributed by atoms with Gasteiger partial charge in [-0.25, -0.2) is 0 Å². The molecule has 27 heavy (non-hydrogen) atoms. The summed E-state index contributed by atoms with van der Waals surface area (Å²) in [5.41, 5.74) is 2.88. The molecule has 3 aromatic rings. The summed E-state index contributed by atoms with van der Waals surface area (Å²) in [5.74, 6) is -0.172. The van der Waals surface area contributed by atoms with Crippen molar-refractivity contribution in [1.29, 1.82) is 0 Å². The third-order valence-corrected chi connectivity index (χ3v) is 4.90. The summed E-state index contributed by atoms with van der Waals surface area (Å²) < 4.78 is 1.70. The summed E-state index contributed by atoms with van der Waals surface area (Å²) in [5, 5.41) is 9.16. The predicted octanol–water partition coefficient (Wildman–Crippen LogP) is 3.61. The monoisotopic (exact) mass is 361 g/mol. The summed E-state index contributed by atoms with van der Waals surface area (Å²) >= 11 is 0. The number of benzene rings is 1. The highest BCUT2D eigenvalue weighted by molar-refractivity contribution is 6.09. The fourth-order valence-corrected chi connectivity index (χ4v) is 3.57. The molecule has 0 unspecified atom stereocenters. The molecule has 1 aliphatic rings. The third-order valence-electron chi connectivity index (χ3n) is 4.90. The van der Waals surface area contributed by atoms with Crippen molar-refractivity contribution in [2.75, 3.05) is 23.3 Å². The van der Waals surface area contributed by atoms with E-state index < -0.39 is 0 Å². The normalized spacial score (nSPS) is 14.8. The number of pyridine rings is 1. The number of fused-ring (bicyclic) bond motifs is 1. The number of hydrogen-bond donors (Lipinski definition) is 1. The van der Waals surface area contributed by atoms with Gasteiger partial charge >= 0.3 is 0 Å². The summed E-state index contributed by atoms with van der Waals surface area (Å²) in [4.78, 5) is 19.1. The van der Waals surface area contributed by atoms with Crippen LogP contribution in [0.4, 0.5) is 11.4 Å². The van der Waals surface area contributed by atoms with Crippen LogP contribution in [-0.4, -0.2) is 33.8 Å². The number of carbonyl (C=O) groups is 1. The molecule has 1 fully saturated rings. The van der Waals surface area contributed by atoms with Gasteiger partial charge in [-0.1, -0.05) is 0 Å². The highest BCUT2D eigenvalue weighted by Gasteiger charge is 2.15. The number of piperidine rings is 1. The second-order valence-electron chi connectivity index (χ2n) is 6.87. The van der Waals surface area contributed by atoms with Crippen LogP contribution < -0.4 is 10.2 Å². The number of nitrogens with one attached hydrogen (secondary N) is 1. The molecule has 1 aliphatic heterocycles. The maximum Gasteiger partial charge on any atom is 0.248 e. The van der Waals surface area contributed by atoms with Crippen LogP contribution in [0.2, 0.25) is 0 Å². The number of amides is 1. The first-order valence-corrected chi connectivity index (χ1v) is 9.30. The van der Waals surface area contributed by atoms with Crippen molar-refractivity contribution in [2.24, 2.45) is 7.05 Å². The summed E-state index contributed by atoms with van der Waals surface area (Å²) in [7, 11) is 1.85. The van der Waals surface area contributed by atoms with Crippen molar-refractivity contribution in [3.05, 3.63) is 54.6 Å². The molecule has 0 radical (unpaired) electrons. The molecule has 6 heteroatoms. The Balaban J connectivity index is 1.58. The van der Waals surface area contributed by atoms with Crippen LogP contribution in [0.25, 0.3) is 16.8 Å². The van der Waals surface area contributed by atoms with E-state index in [2.05, 4.69) is 26.4 Å². The molecule has 0 bridgehead atoms. The van der Waals surface area contributed by atoms with Crippen molar-refractivity contribution in [1.82, 2.24) is 14.8 Å². The van der Waals surface area contributed by atoms with Gasteiger partial charge in [0.25, 0.3) is 0 Å². The minimum atomic E-state index is -0.172. The zero-order valence-corrected chi connectivity index (χ0v) is 15.4. The van der Waals surface area contributed by atoms with Gasteiger partial charge in [0.2, 0.25) is 5.91 Å². The van der Waals surface area contributed by atoms with Crippen LogP contribution in [0.5, 0.6) is 0 Å². The molecular weight excluding hydrogens is 338 g/mol. The summed E-state index contributed by atoms with van der Waals surface area (Å²) in [6, 6.07) is 6.11. The van der Waals surface area contributed by atoms with Crippen molar-refractivity contribution in [3.8, 4) is 0 Å². The van der Waals surface area contributed by atoms with Gasteiger partial charge < -0.3 is 10.2 Å². The molecule has 4 rings (SSSR count). The van der Waals surface area contributed by atoms with Crippen LogP contribution in [0.15, 0.2) is 49.1 Å². The molecule has 1 aromatic carbocycles. The number of hydrogen-bond acceptors (Lipinski definition) is 4. The molecule has 138 valence electrons. The van der Waals surface area contributed by atoms with Gasteiger partial charge in [0.1, 0.15) is 0 Å². The Morgan fingerprint density at radius 3 is 2.74 bits per heavy atom. The number of aromatic nitrogens is 3. The van der Waals surface area contributed by atoms with Crippen LogP contribution in [0.1, 0.15) is 24.8 Å². The molecule has 0 atom stereocenters. The SMILES string of the molecule is Cn1cc(C=CC(=O)Nc2ccc(N3CCCCC3)c3ccncc23)cn1. The average molecular weight is 361 g/mol. The molecule has 6 nitrogen and oxygen atoms in total. The number of carbonyl (C=O) groups excluding carboxylic acids is 1. The number of aryl methyl sites for hydroxylation is 1. The number of rotatable bonds is 4. The fraction of sp³-hybridized carbons (Fsp3) is 0.286. The molecule has 0 aliphatic carbocycles. The Hall–Kier alpha value is -3.15. The zero-order valence-electron chi connectivity index (χ0n) is 15.4. The van der Waals surface area contributed by atoms with E-state index >= 15 is 0 Å². The minimum Gasteiger partial charge on any atom is -0.371 e. The second-order valence-corrected chi connectivity index (χ2v) is 6.87. The lowest BCUT2D eigenvalue weighted by molar-refractivity contribution is -0.111. The Bertz CT molecular complexity index is 985. The van der Waals surface area contributed by atoms with Crippen molar-refractivity contribution in [3.63, 3.8) is 0 Å². The van der Waals surface area contributed by atoms with Gasteiger partial charge in [-0.2, -0.15) is 5.10 Å². The molecule has 1 saturated heterocycles. The zero-order chi connectivity index (χ0) is 18.6. The van der Waals surface area contributed by atoms with Gasteiger partial charge in [-0.15, -0.1) is 0 Å². The van der Waals surface area contributed by atoms with Gasteiger partial charge in [-0.3, -0.25) is 14.5 Å². The van der Waals surface area contributed by atoms with E-state index in [9.17, 15) is 4.79 Å². The first kappa shape index (κ1) is 17.3. The summed E-state index contributed by atoms with van der Waals surface area (Å²) in [6.07, 6.45) is 14.2. The van der Waals surface area contributed by atoms with Crippen molar-refractivity contribution < 1.29 is 4.79 Å². The molecule has 3 heterocycles. The van der Waals surface area contributed by atoms with E-state index in [0.29, 0.717) is 0 Å². The van der Waals surface area contributed by atoms with Gasteiger partial charge in [0.05, 0.1) is 11.9 Å². The largest absolute Gasteiger partial charge is 0.371 e. The summed E-state index contributed by atoms with van der Waals surface area (Å²) in [6.45, 7) is 2.16. The van der Waals surface area contributed by atoms with Crippen LogP contribution in [0, 0.1) is 0 Å². The van der Waals surface area contributed by atoms with Crippen LogP contribution in [0.3, 0.4) is 0 Å². The Labute approximate surface area is 158 Å². The van der Waals surface area contributed by atoms with Crippen molar-refractivity contribution in [2.45, 2.75) is 19.3 Å². The van der Waals surface area contributed by atoms with E-state index in [0.717, 1.165) is 35.1 Å². The van der Waals surface area contributed by atoms with E-state index in [4.69, 9.17) is 0 Å². The first-order chi connectivity index (χ1) is 13.2. The van der Waals surface area contributed by atoms with E-state index in [1.54, 1.807) is 17.0 Å². The van der Waals surface area contributed by atoms with Crippen LogP contribution >= 0.6 is 0 Å². The lowest BCUT2D eigenvalue weighted by Gasteiger charge is -2.30. The maximum absolute atomic E-state index is 12.4. The van der Waals surface area contributed by atoms with E-state index in [-0.39, 0.29) is 5.91 Å². The molecule has 1 amide bonds. The van der Waals surface area contributed by atoms with Gasteiger partial charge in [-0.05, 0) is 43.5 Å². The molecule has 2 aromatic heterocycles. The highest BCUT2D eigenvalue weighted by Crippen LogP contribution is 2.33. The van der Waals surface area contributed by atoms with E-state index in [1.165, 1.54) is 31.0 Å². The third kappa shape index (κ3) is 3.84. The maximum atomic E-state index is 12.4. The van der Waals surface area contributed by atoms with E-state index in [1.807, 2.05) is 37.8 Å². The smallest absolute Gasteiger partial charge is 0.248 e. The Kier molecular flexibility index (Phi) is 4.87. The molecule has 0 spiro atoms. The standard InChI is InChI=1S/C21H23N5O/c1-25-15-16(13-23-25)5-8-21(27)24-19-6-7-20(26-11-3-2-4-12-26)17-9-10-22-14-18(17)19/h5-10,13-15H,2-4,11-12H2,1H3,(H,24,27). The fourth-order valence-electron chi connectivity index (χ4n) is 3.57. The van der Waals surface area contributed by atoms with Crippen molar-refractivity contribution >= 4 is 34.1 Å². The minimum absolute atomic E-state index is 0.172. The van der Waals surface area contributed by atoms with Crippen LogP contribution in [-0.2, 0) is 11.8 Å². The second kappa shape index (κ2) is 7.61. The molecular formula is C21H23N5O. The van der Waals surface area contributed by atoms with Gasteiger partial charge in [0, 0.05) is 66.8 Å². The molecule has 1 N–H and O–H groups in total.